The summed E-state index contributed by atoms with van der Waals surface area (Å²) >= 11 is 0. The van der Waals surface area contributed by atoms with Gasteiger partial charge >= 0.3 is 6.18 Å². The van der Waals surface area contributed by atoms with Crippen LogP contribution in [0.3, 0.4) is 0 Å². The van der Waals surface area contributed by atoms with E-state index in [4.69, 9.17) is 0 Å². The molecular weight excluding hydrogens is 493 g/mol. The van der Waals surface area contributed by atoms with Gasteiger partial charge < -0.3 is 15.5 Å². The molecule has 1 aromatic heterocycles. The number of piperazine rings is 1. The third-order valence-corrected chi connectivity index (χ3v) is 6.70. The Hall–Kier alpha value is -3.50. The van der Waals surface area contributed by atoms with Crippen molar-refractivity contribution in [1.82, 2.24) is 19.8 Å². The van der Waals surface area contributed by atoms with E-state index in [1.807, 2.05) is 18.0 Å². The highest BCUT2D eigenvalue weighted by molar-refractivity contribution is 6.05. The topological polar surface area (TPSA) is 73.4 Å². The molecule has 1 fully saturated rings. The predicted molar refractivity (Wildman–Crippen MR) is 142 cm³/mol. The zero-order chi connectivity index (χ0) is 27.1. The molecule has 0 atom stereocenters. The van der Waals surface area contributed by atoms with Gasteiger partial charge in [0, 0.05) is 44.8 Å². The molecule has 0 unspecified atom stereocenters. The molecule has 38 heavy (non-hydrogen) atoms. The van der Waals surface area contributed by atoms with E-state index < -0.39 is 17.6 Å². The van der Waals surface area contributed by atoms with Crippen LogP contribution in [0, 0.1) is 0 Å². The first-order chi connectivity index (χ1) is 18.2. The Morgan fingerprint density at radius 1 is 1.00 bits per heavy atom. The van der Waals surface area contributed by atoms with E-state index in [0.717, 1.165) is 42.7 Å². The summed E-state index contributed by atoms with van der Waals surface area (Å²) in [7, 11) is 2.00. The number of benzene rings is 2. The van der Waals surface area contributed by atoms with Gasteiger partial charge in [-0.05, 0) is 48.4 Å². The van der Waals surface area contributed by atoms with Gasteiger partial charge in [0.15, 0.2) is 0 Å². The van der Waals surface area contributed by atoms with Gasteiger partial charge in [0.05, 0.1) is 29.3 Å². The summed E-state index contributed by atoms with van der Waals surface area (Å²) in [6, 6.07) is 9.64. The van der Waals surface area contributed by atoms with Crippen molar-refractivity contribution in [3.63, 3.8) is 0 Å². The van der Waals surface area contributed by atoms with Crippen LogP contribution >= 0.6 is 0 Å². The third kappa shape index (κ3) is 7.08. The van der Waals surface area contributed by atoms with Gasteiger partial charge in [-0.15, -0.1) is 0 Å². The van der Waals surface area contributed by atoms with E-state index in [2.05, 4.69) is 32.4 Å². The minimum atomic E-state index is -4.61. The van der Waals surface area contributed by atoms with Crippen LogP contribution in [0.2, 0.25) is 0 Å². The molecule has 3 aromatic rings. The molecule has 2 aromatic carbocycles. The summed E-state index contributed by atoms with van der Waals surface area (Å²) in [6.45, 7) is 5.67. The summed E-state index contributed by atoms with van der Waals surface area (Å²) in [6.07, 6.45) is 1.87. The maximum atomic E-state index is 14.2. The quantitative estimate of drug-likeness (QED) is 0.406. The lowest BCUT2D eigenvalue weighted by Crippen LogP contribution is -2.44. The number of alkyl halides is 3. The Balaban J connectivity index is 1.56. The minimum Gasteiger partial charge on any atom is -0.378 e. The van der Waals surface area contributed by atoms with Gasteiger partial charge in [-0.25, -0.2) is 9.97 Å². The molecule has 0 spiro atoms. The third-order valence-electron chi connectivity index (χ3n) is 6.70. The SMILES string of the molecule is CCCc1ccc(C(=O)Nc2cccc(CN3CCN(C)CC3)c2C(F)(F)F)cc1CNc1cncnc1. The molecule has 1 aliphatic rings. The van der Waals surface area contributed by atoms with Crippen molar-refractivity contribution in [2.45, 2.75) is 39.0 Å². The normalized spacial score (nSPS) is 14.9. The van der Waals surface area contributed by atoms with E-state index in [9.17, 15) is 18.0 Å². The summed E-state index contributed by atoms with van der Waals surface area (Å²) < 4.78 is 42.7. The number of aryl methyl sites for hydroxylation is 1. The molecule has 2 N–H and O–H groups in total. The van der Waals surface area contributed by atoms with Crippen molar-refractivity contribution < 1.29 is 18.0 Å². The largest absolute Gasteiger partial charge is 0.418 e. The van der Waals surface area contributed by atoms with Crippen LogP contribution in [0.1, 0.15) is 46.0 Å². The minimum absolute atomic E-state index is 0.160. The number of nitrogens with zero attached hydrogens (tertiary/aromatic N) is 4. The van der Waals surface area contributed by atoms with E-state index >= 15 is 0 Å². The lowest BCUT2D eigenvalue weighted by atomic mass is 9.99. The van der Waals surface area contributed by atoms with Crippen molar-refractivity contribution in [1.29, 1.82) is 0 Å². The second-order valence-electron chi connectivity index (χ2n) is 9.59. The summed E-state index contributed by atoms with van der Waals surface area (Å²) in [5.74, 6) is -0.584. The first-order valence-corrected chi connectivity index (χ1v) is 12.8. The van der Waals surface area contributed by atoms with Gasteiger partial charge in [-0.1, -0.05) is 31.5 Å². The summed E-state index contributed by atoms with van der Waals surface area (Å²) in [4.78, 5) is 25.3. The maximum Gasteiger partial charge on any atom is 0.418 e. The fourth-order valence-electron chi connectivity index (χ4n) is 4.64. The molecule has 0 aliphatic carbocycles. The fraction of sp³-hybridized carbons (Fsp3) is 0.393. The molecular formula is C28H33F3N6O. The Bertz CT molecular complexity index is 1230. The fourth-order valence-corrected chi connectivity index (χ4v) is 4.64. The molecule has 1 saturated heterocycles. The average Bonchev–Trinajstić information content (AvgIpc) is 2.89. The summed E-state index contributed by atoms with van der Waals surface area (Å²) in [5.41, 5.74) is 2.13. The second kappa shape index (κ2) is 12.4. The van der Waals surface area contributed by atoms with Crippen LogP contribution in [-0.4, -0.2) is 58.9 Å². The number of rotatable bonds is 9. The number of hydrogen-bond acceptors (Lipinski definition) is 6. The van der Waals surface area contributed by atoms with Gasteiger partial charge in [-0.3, -0.25) is 9.69 Å². The number of carbonyl (C=O) groups is 1. The Labute approximate surface area is 221 Å². The van der Waals surface area contributed by atoms with Crippen molar-refractivity contribution in [2.24, 2.45) is 0 Å². The van der Waals surface area contributed by atoms with Crippen molar-refractivity contribution in [2.75, 3.05) is 43.9 Å². The first-order valence-electron chi connectivity index (χ1n) is 12.8. The number of hydrogen-bond donors (Lipinski definition) is 2. The number of halogens is 3. The zero-order valence-corrected chi connectivity index (χ0v) is 21.7. The number of aromatic nitrogens is 2. The number of anilines is 2. The van der Waals surface area contributed by atoms with E-state index in [-0.39, 0.29) is 17.8 Å². The van der Waals surface area contributed by atoms with E-state index in [0.29, 0.717) is 25.2 Å². The van der Waals surface area contributed by atoms with Crippen LogP contribution < -0.4 is 10.6 Å². The summed E-state index contributed by atoms with van der Waals surface area (Å²) in [5, 5.41) is 5.78. The molecule has 4 rings (SSSR count). The van der Waals surface area contributed by atoms with Crippen molar-refractivity contribution in [3.05, 3.63) is 82.9 Å². The van der Waals surface area contributed by atoms with Crippen molar-refractivity contribution >= 4 is 17.3 Å². The van der Waals surface area contributed by atoms with E-state index in [1.165, 1.54) is 18.5 Å². The van der Waals surface area contributed by atoms with Crippen LogP contribution in [0.15, 0.2) is 55.1 Å². The lowest BCUT2D eigenvalue weighted by Gasteiger charge is -2.33. The van der Waals surface area contributed by atoms with Gasteiger partial charge in [0.25, 0.3) is 5.91 Å². The second-order valence-corrected chi connectivity index (χ2v) is 9.59. The number of likely N-dealkylation sites (N-methyl/N-ethyl adjacent to an activating group) is 1. The molecule has 1 amide bonds. The highest BCUT2D eigenvalue weighted by Gasteiger charge is 2.37. The molecule has 0 saturated carbocycles. The Morgan fingerprint density at radius 3 is 2.42 bits per heavy atom. The maximum absolute atomic E-state index is 14.2. The van der Waals surface area contributed by atoms with Crippen LogP contribution in [0.25, 0.3) is 0 Å². The highest BCUT2D eigenvalue weighted by atomic mass is 19.4. The van der Waals surface area contributed by atoms with Crippen LogP contribution in [0.4, 0.5) is 24.5 Å². The molecule has 7 nitrogen and oxygen atoms in total. The molecule has 0 radical (unpaired) electrons. The first kappa shape index (κ1) is 27.5. The number of amides is 1. The average molecular weight is 527 g/mol. The zero-order valence-electron chi connectivity index (χ0n) is 21.7. The Morgan fingerprint density at radius 2 is 1.74 bits per heavy atom. The van der Waals surface area contributed by atoms with E-state index in [1.54, 1.807) is 30.6 Å². The smallest absolute Gasteiger partial charge is 0.378 e. The predicted octanol–water partition coefficient (Wildman–Crippen LogP) is 5.06. The van der Waals surface area contributed by atoms with Crippen molar-refractivity contribution in [3.8, 4) is 0 Å². The van der Waals surface area contributed by atoms with Crippen LogP contribution in [0.5, 0.6) is 0 Å². The lowest BCUT2D eigenvalue weighted by molar-refractivity contribution is -0.137. The standard InChI is InChI=1S/C28H33F3N6O/c1-3-5-20-8-9-21(14-23(20)15-34-24-16-32-19-33-17-24)27(38)35-25-7-4-6-22(26(25)28(29,30)31)18-37-12-10-36(2)11-13-37/h4,6-9,14,16-17,19,34H,3,5,10-13,15,18H2,1-2H3,(H,35,38). The molecule has 1 aliphatic heterocycles. The molecule has 10 heteroatoms. The van der Waals surface area contributed by atoms with Gasteiger partial charge in [0.1, 0.15) is 6.33 Å². The van der Waals surface area contributed by atoms with Crippen LogP contribution in [-0.2, 0) is 25.7 Å². The highest BCUT2D eigenvalue weighted by Crippen LogP contribution is 2.38. The molecule has 2 heterocycles. The number of nitrogens with one attached hydrogen (secondary N) is 2. The van der Waals surface area contributed by atoms with Gasteiger partial charge in [0.2, 0.25) is 0 Å². The van der Waals surface area contributed by atoms with Gasteiger partial charge in [-0.2, -0.15) is 13.2 Å². The Kier molecular flexibility index (Phi) is 8.96. The monoisotopic (exact) mass is 526 g/mol. The molecule has 202 valence electrons. The molecule has 0 bridgehead atoms. The number of carbonyl (C=O) groups excluding carboxylic acids is 1.